The molecule has 150 valence electrons. The number of esters is 1. The molecule has 0 aliphatic heterocycles. The number of carbonyl (C=O) groups excluding carboxylic acids is 2. The molecule has 1 amide bonds. The molecule has 0 radical (unpaired) electrons. The van der Waals surface area contributed by atoms with Gasteiger partial charge in [0, 0.05) is 0 Å². The number of benzene rings is 2. The molecule has 0 saturated heterocycles. The molecule has 0 aliphatic carbocycles. The van der Waals surface area contributed by atoms with Crippen molar-refractivity contribution >= 4 is 11.9 Å². The summed E-state index contributed by atoms with van der Waals surface area (Å²) in [5.41, 5.74) is 2.29. The highest BCUT2D eigenvalue weighted by atomic mass is 16.5. The number of nitrogens with zero attached hydrogens (tertiary/aromatic N) is 3. The highest BCUT2D eigenvalue weighted by Gasteiger charge is 2.20. The van der Waals surface area contributed by atoms with E-state index in [1.807, 2.05) is 60.7 Å². The molecule has 29 heavy (non-hydrogen) atoms. The van der Waals surface area contributed by atoms with Crippen LogP contribution in [0.3, 0.4) is 0 Å². The fourth-order valence-corrected chi connectivity index (χ4v) is 2.98. The van der Waals surface area contributed by atoms with Crippen molar-refractivity contribution in [3.05, 3.63) is 77.6 Å². The second-order valence-electron chi connectivity index (χ2n) is 6.65. The van der Waals surface area contributed by atoms with Crippen molar-refractivity contribution in [3.63, 3.8) is 0 Å². The molecular weight excluding hydrogens is 368 g/mol. The quantitative estimate of drug-likeness (QED) is 0.594. The summed E-state index contributed by atoms with van der Waals surface area (Å²) in [6, 6.07) is 18.9. The van der Waals surface area contributed by atoms with Crippen LogP contribution in [0.2, 0.25) is 0 Å². The first-order valence-corrected chi connectivity index (χ1v) is 9.59. The van der Waals surface area contributed by atoms with E-state index in [1.54, 1.807) is 6.92 Å². The molecule has 1 atom stereocenters. The summed E-state index contributed by atoms with van der Waals surface area (Å²) in [5, 5.41) is 11.4. The minimum absolute atomic E-state index is 0.0924. The van der Waals surface area contributed by atoms with E-state index in [4.69, 9.17) is 4.74 Å². The Balaban J connectivity index is 1.60. The summed E-state index contributed by atoms with van der Waals surface area (Å²) in [6.07, 6.45) is 1.72. The molecule has 0 saturated carbocycles. The average molecular weight is 392 g/mol. The van der Waals surface area contributed by atoms with E-state index >= 15 is 0 Å². The number of ether oxygens (including phenoxy) is 1. The Bertz CT molecular complexity index is 955. The third-order valence-corrected chi connectivity index (χ3v) is 4.41. The van der Waals surface area contributed by atoms with E-state index in [1.165, 1.54) is 4.80 Å². The first kappa shape index (κ1) is 20.3. The minimum atomic E-state index is -0.674. The molecule has 3 aromatic rings. The Labute approximate surface area is 169 Å². The number of nitrogens with one attached hydrogen (secondary N) is 1. The van der Waals surface area contributed by atoms with Crippen LogP contribution >= 0.6 is 0 Å². The number of amides is 1. The molecule has 0 aliphatic rings. The lowest BCUT2D eigenvalue weighted by Gasteiger charge is -2.18. The third kappa shape index (κ3) is 5.28. The highest BCUT2D eigenvalue weighted by Crippen LogP contribution is 2.18. The van der Waals surface area contributed by atoms with Crippen molar-refractivity contribution in [2.24, 2.45) is 0 Å². The van der Waals surface area contributed by atoms with E-state index in [0.717, 1.165) is 24.1 Å². The van der Waals surface area contributed by atoms with Crippen molar-refractivity contribution in [1.82, 2.24) is 20.3 Å². The predicted octanol–water partition coefficient (Wildman–Crippen LogP) is 3.39. The summed E-state index contributed by atoms with van der Waals surface area (Å²) in [4.78, 5) is 26.1. The molecule has 2 aromatic carbocycles. The smallest absolute Gasteiger partial charge is 0.361 e. The van der Waals surface area contributed by atoms with E-state index in [9.17, 15) is 9.59 Å². The van der Waals surface area contributed by atoms with Gasteiger partial charge in [0.2, 0.25) is 0 Å². The van der Waals surface area contributed by atoms with Crippen LogP contribution in [0, 0.1) is 6.92 Å². The molecule has 7 heteroatoms. The van der Waals surface area contributed by atoms with Gasteiger partial charge in [0.25, 0.3) is 5.91 Å². The van der Waals surface area contributed by atoms with Crippen LogP contribution in [0.4, 0.5) is 0 Å². The van der Waals surface area contributed by atoms with Crippen LogP contribution in [0.5, 0.6) is 0 Å². The molecule has 7 nitrogen and oxygen atoms in total. The van der Waals surface area contributed by atoms with Gasteiger partial charge in [-0.05, 0) is 31.0 Å². The maximum absolute atomic E-state index is 12.4. The number of aromatic nitrogens is 3. The fraction of sp³-hybridized carbons (Fsp3) is 0.273. The third-order valence-electron chi connectivity index (χ3n) is 4.41. The van der Waals surface area contributed by atoms with E-state index < -0.39 is 5.97 Å². The summed E-state index contributed by atoms with van der Waals surface area (Å²) in [7, 11) is 0. The number of aryl methyl sites for hydroxylation is 1. The molecular formula is C22H24N4O3. The van der Waals surface area contributed by atoms with Gasteiger partial charge in [0.1, 0.15) is 0 Å². The topological polar surface area (TPSA) is 86.1 Å². The Kier molecular flexibility index (Phi) is 6.73. The monoisotopic (exact) mass is 392 g/mol. The standard InChI is InChI=1S/C22H24N4O3/c1-3-10-19(17-11-6-4-7-12-17)23-20(27)15-29-22(28)21-16(2)24-26(25-21)18-13-8-5-9-14-18/h4-9,11-14,19H,3,10,15H2,1-2H3,(H,23,27)/t19-/m0/s1. The van der Waals surface area contributed by atoms with Crippen LogP contribution < -0.4 is 5.32 Å². The van der Waals surface area contributed by atoms with Crippen LogP contribution in [-0.4, -0.2) is 33.5 Å². The molecule has 1 heterocycles. The maximum atomic E-state index is 12.4. The Hall–Kier alpha value is -3.48. The van der Waals surface area contributed by atoms with Crippen molar-refractivity contribution in [1.29, 1.82) is 0 Å². The molecule has 0 fully saturated rings. The van der Waals surface area contributed by atoms with Gasteiger partial charge in [0.15, 0.2) is 12.3 Å². The van der Waals surface area contributed by atoms with E-state index in [0.29, 0.717) is 5.69 Å². The first-order chi connectivity index (χ1) is 14.1. The summed E-state index contributed by atoms with van der Waals surface area (Å²) < 4.78 is 5.17. The van der Waals surface area contributed by atoms with Gasteiger partial charge in [-0.3, -0.25) is 4.79 Å². The highest BCUT2D eigenvalue weighted by molar-refractivity contribution is 5.90. The normalized spacial score (nSPS) is 11.7. The van der Waals surface area contributed by atoms with Gasteiger partial charge in [-0.1, -0.05) is 61.9 Å². The first-order valence-electron chi connectivity index (χ1n) is 9.59. The largest absolute Gasteiger partial charge is 0.451 e. The van der Waals surface area contributed by atoms with Gasteiger partial charge in [-0.15, -0.1) is 5.10 Å². The fourth-order valence-electron chi connectivity index (χ4n) is 2.98. The second-order valence-corrected chi connectivity index (χ2v) is 6.65. The lowest BCUT2D eigenvalue weighted by Crippen LogP contribution is -2.32. The summed E-state index contributed by atoms with van der Waals surface area (Å²) in [5.74, 6) is -1.03. The van der Waals surface area contributed by atoms with Gasteiger partial charge < -0.3 is 10.1 Å². The van der Waals surface area contributed by atoms with Crippen LogP contribution in [-0.2, 0) is 9.53 Å². The molecule has 1 aromatic heterocycles. The van der Waals surface area contributed by atoms with Gasteiger partial charge in [0.05, 0.1) is 17.4 Å². The number of rotatable bonds is 8. The zero-order chi connectivity index (χ0) is 20.6. The number of para-hydroxylation sites is 1. The van der Waals surface area contributed by atoms with E-state index in [-0.39, 0.29) is 24.2 Å². The van der Waals surface area contributed by atoms with E-state index in [2.05, 4.69) is 22.4 Å². The molecule has 3 rings (SSSR count). The summed E-state index contributed by atoms with van der Waals surface area (Å²) in [6.45, 7) is 3.36. The van der Waals surface area contributed by atoms with Crippen molar-refractivity contribution in [3.8, 4) is 5.69 Å². The van der Waals surface area contributed by atoms with Crippen molar-refractivity contribution in [2.45, 2.75) is 32.7 Å². The zero-order valence-electron chi connectivity index (χ0n) is 16.5. The molecule has 1 N–H and O–H groups in total. The zero-order valence-corrected chi connectivity index (χ0v) is 16.5. The van der Waals surface area contributed by atoms with Crippen LogP contribution in [0.25, 0.3) is 5.69 Å². The molecule has 0 spiro atoms. The van der Waals surface area contributed by atoms with Crippen molar-refractivity contribution in [2.75, 3.05) is 6.61 Å². The maximum Gasteiger partial charge on any atom is 0.361 e. The number of hydrogen-bond donors (Lipinski definition) is 1. The number of carbonyl (C=O) groups is 2. The lowest BCUT2D eigenvalue weighted by atomic mass is 10.0. The van der Waals surface area contributed by atoms with Crippen molar-refractivity contribution < 1.29 is 14.3 Å². The lowest BCUT2D eigenvalue weighted by molar-refractivity contribution is -0.125. The Morgan fingerprint density at radius 3 is 2.34 bits per heavy atom. The Morgan fingerprint density at radius 2 is 1.69 bits per heavy atom. The molecule has 0 unspecified atom stereocenters. The molecule has 0 bridgehead atoms. The summed E-state index contributed by atoms with van der Waals surface area (Å²) >= 11 is 0. The number of hydrogen-bond acceptors (Lipinski definition) is 5. The predicted molar refractivity (Wildman–Crippen MR) is 109 cm³/mol. The Morgan fingerprint density at radius 1 is 1.03 bits per heavy atom. The van der Waals surface area contributed by atoms with Crippen LogP contribution in [0.15, 0.2) is 60.7 Å². The minimum Gasteiger partial charge on any atom is -0.451 e. The van der Waals surface area contributed by atoms with Crippen LogP contribution in [0.1, 0.15) is 47.6 Å². The average Bonchev–Trinajstić information content (AvgIpc) is 3.15. The van der Waals surface area contributed by atoms with Gasteiger partial charge >= 0.3 is 5.97 Å². The van der Waals surface area contributed by atoms with Gasteiger partial charge in [-0.2, -0.15) is 9.90 Å². The SMILES string of the molecule is CCC[C@H](NC(=O)COC(=O)c1nn(-c2ccccc2)nc1C)c1ccccc1. The second kappa shape index (κ2) is 9.64. The van der Waals surface area contributed by atoms with Gasteiger partial charge in [-0.25, -0.2) is 4.79 Å².